The van der Waals surface area contributed by atoms with Gasteiger partial charge in [0, 0.05) is 0 Å². The predicted octanol–water partition coefficient (Wildman–Crippen LogP) is -3.26. The Morgan fingerprint density at radius 3 is 2.27 bits per heavy atom. The quantitative estimate of drug-likeness (QED) is 0.319. The number of rotatable bonds is 2. The molecule has 0 bridgehead atoms. The molecule has 4 atom stereocenters. The first kappa shape index (κ1) is 8.96. The van der Waals surface area contributed by atoms with Gasteiger partial charge < -0.3 is 25.7 Å². The zero-order chi connectivity index (χ0) is 8.43. The van der Waals surface area contributed by atoms with Crippen molar-refractivity contribution in [3.05, 3.63) is 0 Å². The first-order chi connectivity index (χ1) is 5.20. The number of nitrogens with two attached hydrogens (primary N) is 1. The Morgan fingerprint density at radius 2 is 2.00 bits per heavy atom. The second-order valence-corrected chi connectivity index (χ2v) is 2.61. The third kappa shape index (κ3) is 1.55. The van der Waals surface area contributed by atoms with E-state index in [4.69, 9.17) is 20.6 Å². The zero-order valence-corrected chi connectivity index (χ0v) is 6.05. The van der Waals surface area contributed by atoms with Gasteiger partial charge in [-0.25, -0.2) is 0 Å². The molecular weight excluding hydrogens is 149 g/mol. The molecule has 0 aliphatic carbocycles. The summed E-state index contributed by atoms with van der Waals surface area (Å²) in [5.74, 6) is 0. The molecule has 0 aromatic heterocycles. The summed E-state index contributed by atoms with van der Waals surface area (Å²) in [6.07, 6.45) is -2.69. The Morgan fingerprint density at radius 1 is 1.36 bits per heavy atom. The SMILES string of the molecule is NB[C@@H]1O[C@H](CO)C(O)[C@@H]1O. The van der Waals surface area contributed by atoms with Gasteiger partial charge in [-0.15, -0.1) is 0 Å². The summed E-state index contributed by atoms with van der Waals surface area (Å²) in [4.78, 5) is 0. The van der Waals surface area contributed by atoms with E-state index in [0.29, 0.717) is 0 Å². The monoisotopic (exact) mass is 161 g/mol. The lowest BCUT2D eigenvalue weighted by molar-refractivity contribution is -0.00906. The Balaban J connectivity index is 2.53. The van der Waals surface area contributed by atoms with Gasteiger partial charge in [-0.1, -0.05) is 0 Å². The summed E-state index contributed by atoms with van der Waals surface area (Å²) in [6.45, 7) is -0.297. The normalized spacial score (nSPS) is 44.4. The van der Waals surface area contributed by atoms with Crippen molar-refractivity contribution in [2.75, 3.05) is 6.61 Å². The highest BCUT2D eigenvalue weighted by atomic mass is 16.5. The molecule has 5 nitrogen and oxygen atoms in total. The largest absolute Gasteiger partial charge is 0.394 e. The third-order valence-electron chi connectivity index (χ3n) is 1.87. The average molecular weight is 161 g/mol. The maximum atomic E-state index is 9.19. The summed E-state index contributed by atoms with van der Waals surface area (Å²) in [6, 6.07) is -0.554. The van der Waals surface area contributed by atoms with E-state index in [2.05, 4.69) is 0 Å². The Labute approximate surface area is 65.0 Å². The summed E-state index contributed by atoms with van der Waals surface area (Å²) in [5, 5.41) is 27.0. The van der Waals surface area contributed by atoms with Crippen LogP contribution in [0, 0.1) is 0 Å². The number of hydrogen-bond donors (Lipinski definition) is 4. The van der Waals surface area contributed by atoms with Crippen LogP contribution in [0.4, 0.5) is 0 Å². The fourth-order valence-corrected chi connectivity index (χ4v) is 1.17. The molecular formula is C5H12BNO4. The standard InChI is InChI=1S/C5H12BNO4/c7-6-5-4(10)3(9)2(1-8)11-5/h2-6,8-10H,1,7H2/t2-,3?,4+,5-/m1/s1. The lowest BCUT2D eigenvalue weighted by atomic mass is 9.83. The molecule has 1 unspecified atom stereocenters. The van der Waals surface area contributed by atoms with Crippen molar-refractivity contribution in [1.82, 2.24) is 0 Å². The van der Waals surface area contributed by atoms with Crippen molar-refractivity contribution < 1.29 is 20.1 Å². The molecule has 0 aromatic rings. The van der Waals surface area contributed by atoms with E-state index in [0.717, 1.165) is 0 Å². The molecule has 0 saturated carbocycles. The van der Waals surface area contributed by atoms with Gasteiger partial charge in [0.2, 0.25) is 7.41 Å². The Bertz CT molecular complexity index is 118. The molecule has 0 radical (unpaired) electrons. The van der Waals surface area contributed by atoms with Gasteiger partial charge in [0.1, 0.15) is 18.3 Å². The minimum absolute atomic E-state index is 0.148. The fraction of sp³-hybridized carbons (Fsp3) is 1.00. The summed E-state index contributed by atoms with van der Waals surface area (Å²) < 4.78 is 5.01. The number of aliphatic hydroxyl groups is 3. The van der Waals surface area contributed by atoms with Crippen LogP contribution in [0.1, 0.15) is 0 Å². The van der Waals surface area contributed by atoms with Crippen LogP contribution in [-0.2, 0) is 4.74 Å². The van der Waals surface area contributed by atoms with E-state index < -0.39 is 24.3 Å². The number of aliphatic hydroxyl groups excluding tert-OH is 3. The van der Waals surface area contributed by atoms with E-state index in [-0.39, 0.29) is 14.0 Å². The van der Waals surface area contributed by atoms with Gasteiger partial charge >= 0.3 is 0 Å². The van der Waals surface area contributed by atoms with Crippen molar-refractivity contribution in [1.29, 1.82) is 0 Å². The fourth-order valence-electron chi connectivity index (χ4n) is 1.17. The molecule has 1 saturated heterocycles. The maximum absolute atomic E-state index is 9.19. The van der Waals surface area contributed by atoms with Crippen LogP contribution in [0.2, 0.25) is 0 Å². The summed E-state index contributed by atoms with van der Waals surface area (Å²) in [5.41, 5.74) is 5.23. The van der Waals surface area contributed by atoms with Gasteiger partial charge in [0.15, 0.2) is 0 Å². The van der Waals surface area contributed by atoms with Crippen LogP contribution < -0.4 is 5.64 Å². The van der Waals surface area contributed by atoms with Gasteiger partial charge in [0.25, 0.3) is 0 Å². The molecule has 1 fully saturated rings. The van der Waals surface area contributed by atoms with E-state index in [1.807, 2.05) is 0 Å². The third-order valence-corrected chi connectivity index (χ3v) is 1.87. The molecule has 0 amide bonds. The summed E-state index contributed by atoms with van der Waals surface area (Å²) >= 11 is 0. The molecule has 0 aromatic carbocycles. The van der Waals surface area contributed by atoms with Crippen LogP contribution in [0.3, 0.4) is 0 Å². The van der Waals surface area contributed by atoms with Crippen LogP contribution in [-0.4, -0.2) is 53.7 Å². The van der Waals surface area contributed by atoms with E-state index >= 15 is 0 Å². The summed E-state index contributed by atoms with van der Waals surface area (Å²) in [7, 11) is 0.148. The van der Waals surface area contributed by atoms with Gasteiger partial charge in [-0.3, -0.25) is 0 Å². The van der Waals surface area contributed by atoms with Crippen molar-refractivity contribution in [3.8, 4) is 0 Å². The zero-order valence-electron chi connectivity index (χ0n) is 6.05. The molecule has 5 N–H and O–H groups in total. The van der Waals surface area contributed by atoms with Crippen LogP contribution >= 0.6 is 0 Å². The second-order valence-electron chi connectivity index (χ2n) is 2.61. The first-order valence-electron chi connectivity index (χ1n) is 3.53. The topological polar surface area (TPSA) is 95.9 Å². The Kier molecular flexibility index (Phi) is 2.86. The average Bonchev–Trinajstić information content (AvgIpc) is 2.30. The molecule has 11 heavy (non-hydrogen) atoms. The van der Waals surface area contributed by atoms with Crippen molar-refractivity contribution in [3.63, 3.8) is 0 Å². The van der Waals surface area contributed by atoms with Gasteiger partial charge in [0.05, 0.1) is 12.6 Å². The number of ether oxygens (including phenoxy) is 1. The Hall–Kier alpha value is -0.135. The van der Waals surface area contributed by atoms with E-state index in [1.54, 1.807) is 0 Å². The van der Waals surface area contributed by atoms with E-state index in [1.165, 1.54) is 0 Å². The lowest BCUT2D eigenvalue weighted by Crippen LogP contribution is -2.38. The van der Waals surface area contributed by atoms with E-state index in [9.17, 15) is 5.11 Å². The van der Waals surface area contributed by atoms with Crippen LogP contribution in [0.5, 0.6) is 0 Å². The molecule has 1 aliphatic rings. The highest BCUT2D eigenvalue weighted by Crippen LogP contribution is 2.19. The molecule has 6 heteroatoms. The minimum atomic E-state index is -1.02. The molecule has 1 rings (SSSR count). The second kappa shape index (κ2) is 3.51. The van der Waals surface area contributed by atoms with Crippen LogP contribution in [0.25, 0.3) is 0 Å². The smallest absolute Gasteiger partial charge is 0.235 e. The van der Waals surface area contributed by atoms with Gasteiger partial charge in [-0.05, 0) is 0 Å². The lowest BCUT2D eigenvalue weighted by Gasteiger charge is -2.10. The molecule has 1 heterocycles. The molecule has 64 valence electrons. The van der Waals surface area contributed by atoms with Crippen molar-refractivity contribution >= 4 is 7.41 Å². The predicted molar refractivity (Wildman–Crippen MR) is 39.1 cm³/mol. The highest BCUT2D eigenvalue weighted by molar-refractivity contribution is 6.33. The van der Waals surface area contributed by atoms with Crippen LogP contribution in [0.15, 0.2) is 0 Å². The van der Waals surface area contributed by atoms with Crippen molar-refractivity contribution in [2.45, 2.75) is 24.3 Å². The molecule has 0 spiro atoms. The highest BCUT2D eigenvalue weighted by Gasteiger charge is 2.41. The molecule has 1 aliphatic heterocycles. The first-order valence-corrected chi connectivity index (χ1v) is 3.53. The van der Waals surface area contributed by atoms with Crippen molar-refractivity contribution in [2.24, 2.45) is 5.64 Å². The maximum Gasteiger partial charge on any atom is 0.235 e. The number of hydrogen-bond acceptors (Lipinski definition) is 5. The van der Waals surface area contributed by atoms with Gasteiger partial charge in [-0.2, -0.15) is 0 Å². The minimum Gasteiger partial charge on any atom is -0.394 e.